The first-order chi connectivity index (χ1) is 11.6. The Kier molecular flexibility index (Phi) is 4.35. The van der Waals surface area contributed by atoms with Crippen molar-refractivity contribution in [2.24, 2.45) is 0 Å². The third kappa shape index (κ3) is 3.31. The molecule has 1 aliphatic carbocycles. The van der Waals surface area contributed by atoms with Crippen LogP contribution in [0.3, 0.4) is 0 Å². The number of carbonyl (C=O) groups is 1. The van der Waals surface area contributed by atoms with E-state index in [0.717, 1.165) is 18.4 Å². The quantitative estimate of drug-likeness (QED) is 0.753. The number of likely N-dealkylation sites (N-methyl/N-ethyl adjacent to an activating group) is 1. The minimum Gasteiger partial charge on any atom is -0.506 e. The lowest BCUT2D eigenvalue weighted by atomic mass is 10.1. The van der Waals surface area contributed by atoms with Crippen molar-refractivity contribution in [2.75, 3.05) is 18.9 Å². The fourth-order valence-electron chi connectivity index (χ4n) is 2.40. The number of nitrogens with zero attached hydrogens (tertiary/aromatic N) is 4. The van der Waals surface area contributed by atoms with Crippen molar-refractivity contribution >= 4 is 11.7 Å². The van der Waals surface area contributed by atoms with Gasteiger partial charge in [-0.2, -0.15) is 5.26 Å². The Balaban J connectivity index is 1.97. The van der Waals surface area contributed by atoms with Gasteiger partial charge in [-0.1, -0.05) is 0 Å². The molecule has 2 heterocycles. The van der Waals surface area contributed by atoms with Crippen LogP contribution in [0.25, 0.3) is 11.4 Å². The highest BCUT2D eigenvalue weighted by Crippen LogP contribution is 2.45. The highest BCUT2D eigenvalue weighted by molar-refractivity contribution is 5.91. The van der Waals surface area contributed by atoms with Gasteiger partial charge in [0.2, 0.25) is 5.91 Å². The van der Waals surface area contributed by atoms with Crippen LogP contribution in [0.5, 0.6) is 5.75 Å². The van der Waals surface area contributed by atoms with E-state index >= 15 is 0 Å². The number of nitriles is 1. The molecule has 0 aromatic carbocycles. The number of aromatic hydroxyl groups is 1. The van der Waals surface area contributed by atoms with Gasteiger partial charge in [-0.25, -0.2) is 4.98 Å². The van der Waals surface area contributed by atoms with Crippen LogP contribution >= 0.6 is 0 Å². The fraction of sp³-hybridized carbons (Fsp3) is 0.312. The number of hydrogen-bond acceptors (Lipinski definition) is 7. The number of aromatic nitrogens is 3. The Morgan fingerprint density at radius 3 is 2.79 bits per heavy atom. The van der Waals surface area contributed by atoms with E-state index in [1.165, 1.54) is 12.3 Å². The van der Waals surface area contributed by atoms with Crippen LogP contribution in [0, 0.1) is 11.3 Å². The molecule has 8 heteroatoms. The lowest BCUT2D eigenvalue weighted by molar-refractivity contribution is -0.115. The summed E-state index contributed by atoms with van der Waals surface area (Å²) < 4.78 is 0. The summed E-state index contributed by atoms with van der Waals surface area (Å²) in [5.41, 5.74) is 1.92. The fourth-order valence-corrected chi connectivity index (χ4v) is 2.40. The van der Waals surface area contributed by atoms with Gasteiger partial charge in [-0.15, -0.1) is 10.2 Å². The minimum absolute atomic E-state index is 0.114. The summed E-state index contributed by atoms with van der Waals surface area (Å²) in [4.78, 5) is 15.8. The Morgan fingerprint density at radius 2 is 2.17 bits per heavy atom. The van der Waals surface area contributed by atoms with Gasteiger partial charge in [0, 0.05) is 12.3 Å². The van der Waals surface area contributed by atoms with E-state index in [2.05, 4.69) is 25.8 Å². The molecular formula is C16H16N6O2. The molecule has 3 N–H and O–H groups in total. The SMILES string of the molecule is CNCC(=O)Nc1cc(C2CC2)c(-c2ncc(C#N)cc2O)nn1. The van der Waals surface area contributed by atoms with Crippen molar-refractivity contribution in [3.8, 4) is 23.2 Å². The van der Waals surface area contributed by atoms with Crippen LogP contribution in [0.1, 0.15) is 29.9 Å². The summed E-state index contributed by atoms with van der Waals surface area (Å²) in [6.07, 6.45) is 3.41. The highest BCUT2D eigenvalue weighted by Gasteiger charge is 2.29. The number of pyridine rings is 1. The van der Waals surface area contributed by atoms with Gasteiger partial charge in [0.05, 0.1) is 12.1 Å². The van der Waals surface area contributed by atoms with Gasteiger partial charge in [-0.05, 0) is 37.4 Å². The molecule has 3 rings (SSSR count). The van der Waals surface area contributed by atoms with Crippen molar-refractivity contribution in [2.45, 2.75) is 18.8 Å². The van der Waals surface area contributed by atoms with Gasteiger partial charge in [0.15, 0.2) is 5.82 Å². The number of anilines is 1. The summed E-state index contributed by atoms with van der Waals surface area (Å²) in [6.45, 7) is 0.181. The molecule has 0 atom stereocenters. The van der Waals surface area contributed by atoms with Crippen LogP contribution in [0.15, 0.2) is 18.3 Å². The molecular weight excluding hydrogens is 308 g/mol. The van der Waals surface area contributed by atoms with Crippen LogP contribution in [0.4, 0.5) is 5.82 Å². The molecule has 1 aliphatic rings. The van der Waals surface area contributed by atoms with Crippen LogP contribution in [0.2, 0.25) is 0 Å². The van der Waals surface area contributed by atoms with Crippen LogP contribution < -0.4 is 10.6 Å². The maximum absolute atomic E-state index is 11.7. The summed E-state index contributed by atoms with van der Waals surface area (Å²) in [5, 5.41) is 32.6. The second-order valence-corrected chi connectivity index (χ2v) is 5.59. The van der Waals surface area contributed by atoms with Gasteiger partial charge < -0.3 is 15.7 Å². The zero-order valence-electron chi connectivity index (χ0n) is 13.1. The predicted molar refractivity (Wildman–Crippen MR) is 86.2 cm³/mol. The molecule has 2 aromatic rings. The van der Waals surface area contributed by atoms with Crippen LogP contribution in [-0.2, 0) is 4.79 Å². The molecule has 1 fully saturated rings. The predicted octanol–water partition coefficient (Wildman–Crippen LogP) is 1.15. The third-order valence-electron chi connectivity index (χ3n) is 3.67. The summed E-state index contributed by atoms with van der Waals surface area (Å²) in [7, 11) is 1.68. The normalized spacial score (nSPS) is 13.3. The van der Waals surface area contributed by atoms with Crippen molar-refractivity contribution in [1.29, 1.82) is 5.26 Å². The van der Waals surface area contributed by atoms with E-state index in [1.54, 1.807) is 13.1 Å². The average Bonchev–Trinajstić information content (AvgIpc) is 3.40. The monoisotopic (exact) mass is 324 g/mol. The van der Waals surface area contributed by atoms with Gasteiger partial charge in [0.25, 0.3) is 0 Å². The number of nitrogens with one attached hydrogen (secondary N) is 2. The van der Waals surface area contributed by atoms with E-state index in [-0.39, 0.29) is 29.5 Å². The molecule has 2 aromatic heterocycles. The maximum atomic E-state index is 11.7. The number of rotatable bonds is 5. The Morgan fingerprint density at radius 1 is 1.38 bits per heavy atom. The summed E-state index contributed by atoms with van der Waals surface area (Å²) >= 11 is 0. The second-order valence-electron chi connectivity index (χ2n) is 5.59. The number of hydrogen-bond donors (Lipinski definition) is 3. The smallest absolute Gasteiger partial charge is 0.239 e. The molecule has 0 saturated heterocycles. The first-order valence-corrected chi connectivity index (χ1v) is 7.54. The third-order valence-corrected chi connectivity index (χ3v) is 3.67. The molecule has 0 radical (unpaired) electrons. The molecule has 0 aliphatic heterocycles. The van der Waals surface area contributed by atoms with Crippen LogP contribution in [-0.4, -0.2) is 39.8 Å². The Hall–Kier alpha value is -3.05. The molecule has 24 heavy (non-hydrogen) atoms. The lowest BCUT2D eigenvalue weighted by Crippen LogP contribution is -2.25. The van der Waals surface area contributed by atoms with E-state index in [9.17, 15) is 9.90 Å². The Bertz CT molecular complexity index is 826. The van der Waals surface area contributed by atoms with E-state index in [0.29, 0.717) is 17.4 Å². The van der Waals surface area contributed by atoms with E-state index < -0.39 is 0 Å². The zero-order chi connectivity index (χ0) is 17.1. The van der Waals surface area contributed by atoms with Crippen molar-refractivity contribution in [3.05, 3.63) is 29.5 Å². The van der Waals surface area contributed by atoms with Crippen molar-refractivity contribution in [3.63, 3.8) is 0 Å². The number of carbonyl (C=O) groups excluding carboxylic acids is 1. The topological polar surface area (TPSA) is 124 Å². The second kappa shape index (κ2) is 6.60. The molecule has 1 amide bonds. The average molecular weight is 324 g/mol. The molecule has 0 bridgehead atoms. The Labute approximate surface area is 138 Å². The molecule has 0 unspecified atom stereocenters. The first-order valence-electron chi connectivity index (χ1n) is 7.54. The molecule has 0 spiro atoms. The molecule has 1 saturated carbocycles. The maximum Gasteiger partial charge on any atom is 0.239 e. The van der Waals surface area contributed by atoms with E-state index in [4.69, 9.17) is 5.26 Å². The lowest BCUT2D eigenvalue weighted by Gasteiger charge is -2.10. The van der Waals surface area contributed by atoms with E-state index in [1.807, 2.05) is 6.07 Å². The minimum atomic E-state index is -0.208. The highest BCUT2D eigenvalue weighted by atomic mass is 16.3. The van der Waals surface area contributed by atoms with Gasteiger partial charge in [0.1, 0.15) is 23.2 Å². The standard InChI is InChI=1S/C16H16N6O2/c1-18-8-14(24)20-13-5-11(10-2-3-10)15(22-21-13)16-12(23)4-9(6-17)7-19-16/h4-5,7,10,18,23H,2-3,8H2,1H3,(H,20,21,24). The summed E-state index contributed by atoms with van der Waals surface area (Å²) in [6, 6.07) is 5.05. The molecule has 8 nitrogen and oxygen atoms in total. The van der Waals surface area contributed by atoms with Crippen molar-refractivity contribution < 1.29 is 9.90 Å². The zero-order valence-corrected chi connectivity index (χ0v) is 13.1. The van der Waals surface area contributed by atoms with Crippen molar-refractivity contribution in [1.82, 2.24) is 20.5 Å². The van der Waals surface area contributed by atoms with Gasteiger partial charge in [-0.3, -0.25) is 4.79 Å². The molecule has 122 valence electrons. The summed E-state index contributed by atoms with van der Waals surface area (Å²) in [5.74, 6) is 0.360. The first kappa shape index (κ1) is 15.8. The van der Waals surface area contributed by atoms with Gasteiger partial charge >= 0.3 is 0 Å². The largest absolute Gasteiger partial charge is 0.506 e. The number of amides is 1.